The Bertz CT molecular complexity index is 488. The minimum atomic E-state index is -0.266. The van der Waals surface area contributed by atoms with Crippen LogP contribution < -0.4 is 5.32 Å². The van der Waals surface area contributed by atoms with E-state index in [-0.39, 0.29) is 18.1 Å². The number of carbonyl (C=O) groups excluding carboxylic acids is 1. The summed E-state index contributed by atoms with van der Waals surface area (Å²) in [7, 11) is 0. The van der Waals surface area contributed by atoms with E-state index in [0.717, 1.165) is 13.1 Å². The van der Waals surface area contributed by atoms with Crippen LogP contribution in [-0.4, -0.2) is 41.1 Å². The fraction of sp³-hybridized carbons (Fsp3) is 0.500. The lowest BCUT2D eigenvalue weighted by molar-refractivity contribution is -0.121. The molecule has 110 valence electrons. The molecule has 1 aliphatic heterocycles. The molecule has 1 aliphatic rings. The van der Waals surface area contributed by atoms with E-state index in [1.807, 2.05) is 6.92 Å². The highest BCUT2D eigenvalue weighted by atomic mass is 35.5. The number of amides is 1. The summed E-state index contributed by atoms with van der Waals surface area (Å²) < 4.78 is 0. The van der Waals surface area contributed by atoms with E-state index in [0.29, 0.717) is 28.6 Å². The van der Waals surface area contributed by atoms with Gasteiger partial charge in [-0.15, -0.1) is 0 Å². The zero-order valence-electron chi connectivity index (χ0n) is 11.3. The molecule has 0 aliphatic carbocycles. The molecule has 1 aromatic carbocycles. The molecule has 1 atom stereocenters. The number of carbonyl (C=O) groups is 1. The standard InChI is InChI=1S/C14H18Cl2N2O2/c1-9(18-7-5-10(19)6-8-18)14(20)17-12-4-2-3-11(15)13(12)16/h2-4,9-10,19H,5-8H2,1H3,(H,17,20). The smallest absolute Gasteiger partial charge is 0.241 e. The van der Waals surface area contributed by atoms with Crippen molar-refractivity contribution in [1.29, 1.82) is 0 Å². The Balaban J connectivity index is 1.99. The van der Waals surface area contributed by atoms with Crippen molar-refractivity contribution < 1.29 is 9.90 Å². The average Bonchev–Trinajstić information content (AvgIpc) is 2.44. The first-order chi connectivity index (χ1) is 9.49. The van der Waals surface area contributed by atoms with E-state index in [1.165, 1.54) is 0 Å². The van der Waals surface area contributed by atoms with Gasteiger partial charge in [0.15, 0.2) is 0 Å². The molecule has 1 fully saturated rings. The number of rotatable bonds is 3. The number of anilines is 1. The summed E-state index contributed by atoms with van der Waals surface area (Å²) in [5.74, 6) is -0.120. The molecule has 6 heteroatoms. The summed E-state index contributed by atoms with van der Waals surface area (Å²) >= 11 is 12.0. The van der Waals surface area contributed by atoms with Gasteiger partial charge in [0, 0.05) is 13.1 Å². The van der Waals surface area contributed by atoms with E-state index in [9.17, 15) is 9.90 Å². The van der Waals surface area contributed by atoms with Crippen LogP contribution in [0, 0.1) is 0 Å². The van der Waals surface area contributed by atoms with Crippen LogP contribution in [0.15, 0.2) is 18.2 Å². The molecule has 0 radical (unpaired) electrons. The van der Waals surface area contributed by atoms with Crippen molar-refractivity contribution in [2.75, 3.05) is 18.4 Å². The lowest BCUT2D eigenvalue weighted by atomic mass is 10.1. The van der Waals surface area contributed by atoms with Crippen molar-refractivity contribution >= 4 is 34.8 Å². The molecule has 0 bridgehead atoms. The molecule has 1 aromatic rings. The molecular formula is C14H18Cl2N2O2. The Morgan fingerprint density at radius 2 is 2.05 bits per heavy atom. The van der Waals surface area contributed by atoms with E-state index >= 15 is 0 Å². The van der Waals surface area contributed by atoms with Crippen molar-refractivity contribution in [2.24, 2.45) is 0 Å². The van der Waals surface area contributed by atoms with Gasteiger partial charge in [0.25, 0.3) is 0 Å². The first-order valence-electron chi connectivity index (χ1n) is 6.66. The summed E-state index contributed by atoms with van der Waals surface area (Å²) in [6.45, 7) is 3.30. The molecular weight excluding hydrogens is 299 g/mol. The number of nitrogens with zero attached hydrogens (tertiary/aromatic N) is 1. The molecule has 0 saturated carbocycles. The highest BCUT2D eigenvalue weighted by molar-refractivity contribution is 6.44. The minimum Gasteiger partial charge on any atom is -0.393 e. The quantitative estimate of drug-likeness (QED) is 0.901. The second-order valence-corrected chi connectivity index (χ2v) is 5.82. The zero-order chi connectivity index (χ0) is 14.7. The monoisotopic (exact) mass is 316 g/mol. The van der Waals surface area contributed by atoms with E-state index < -0.39 is 0 Å². The number of halogens is 2. The highest BCUT2D eigenvalue weighted by Gasteiger charge is 2.26. The molecule has 2 rings (SSSR count). The van der Waals surface area contributed by atoms with Gasteiger partial charge in [-0.1, -0.05) is 29.3 Å². The largest absolute Gasteiger partial charge is 0.393 e. The van der Waals surface area contributed by atoms with E-state index in [4.69, 9.17) is 23.2 Å². The highest BCUT2D eigenvalue weighted by Crippen LogP contribution is 2.29. The first kappa shape index (κ1) is 15.6. The lowest BCUT2D eigenvalue weighted by Gasteiger charge is -2.33. The molecule has 0 aromatic heterocycles. The van der Waals surface area contributed by atoms with Crippen LogP contribution in [0.2, 0.25) is 10.0 Å². The summed E-state index contributed by atoms with van der Waals surface area (Å²) in [6, 6.07) is 4.87. The molecule has 1 unspecified atom stereocenters. The number of hydrogen-bond donors (Lipinski definition) is 2. The van der Waals surface area contributed by atoms with Crippen LogP contribution in [0.5, 0.6) is 0 Å². The van der Waals surface area contributed by atoms with E-state index in [2.05, 4.69) is 10.2 Å². The number of aliphatic hydroxyl groups excluding tert-OH is 1. The van der Waals surface area contributed by atoms with Crippen LogP contribution >= 0.6 is 23.2 Å². The van der Waals surface area contributed by atoms with Crippen molar-refractivity contribution in [1.82, 2.24) is 4.90 Å². The maximum absolute atomic E-state index is 12.2. The fourth-order valence-electron chi connectivity index (χ4n) is 2.28. The third-order valence-corrected chi connectivity index (χ3v) is 4.45. The van der Waals surface area contributed by atoms with Gasteiger partial charge in [-0.2, -0.15) is 0 Å². The number of nitrogens with one attached hydrogen (secondary N) is 1. The topological polar surface area (TPSA) is 52.6 Å². The average molecular weight is 317 g/mol. The molecule has 20 heavy (non-hydrogen) atoms. The van der Waals surface area contributed by atoms with Crippen molar-refractivity contribution in [3.05, 3.63) is 28.2 Å². The van der Waals surface area contributed by atoms with Gasteiger partial charge in [0.05, 0.1) is 27.9 Å². The van der Waals surface area contributed by atoms with Crippen molar-refractivity contribution in [3.8, 4) is 0 Å². The zero-order valence-corrected chi connectivity index (χ0v) is 12.8. The van der Waals surface area contributed by atoms with Gasteiger partial charge in [0.1, 0.15) is 0 Å². The van der Waals surface area contributed by atoms with Crippen LogP contribution in [0.1, 0.15) is 19.8 Å². The number of likely N-dealkylation sites (tertiary alicyclic amines) is 1. The second kappa shape index (κ2) is 6.76. The maximum atomic E-state index is 12.2. The molecule has 0 spiro atoms. The first-order valence-corrected chi connectivity index (χ1v) is 7.41. The van der Waals surface area contributed by atoms with Crippen LogP contribution in [0.25, 0.3) is 0 Å². The van der Waals surface area contributed by atoms with Gasteiger partial charge in [-0.3, -0.25) is 9.69 Å². The minimum absolute atomic E-state index is 0.120. The van der Waals surface area contributed by atoms with Gasteiger partial charge >= 0.3 is 0 Å². The predicted molar refractivity (Wildman–Crippen MR) is 81.4 cm³/mol. The van der Waals surface area contributed by atoms with Crippen molar-refractivity contribution in [3.63, 3.8) is 0 Å². The number of aliphatic hydroxyl groups is 1. The Kier molecular flexibility index (Phi) is 5.27. The summed E-state index contributed by atoms with van der Waals surface area (Å²) in [5, 5.41) is 13.1. The normalized spacial score (nSPS) is 18.8. The van der Waals surface area contributed by atoms with Gasteiger partial charge in [0.2, 0.25) is 5.91 Å². The summed E-state index contributed by atoms with van der Waals surface area (Å²) in [6.07, 6.45) is 1.16. The second-order valence-electron chi connectivity index (χ2n) is 5.03. The predicted octanol–water partition coefficient (Wildman–Crippen LogP) is 2.78. The SMILES string of the molecule is CC(C(=O)Nc1cccc(Cl)c1Cl)N1CCC(O)CC1. The van der Waals surface area contributed by atoms with Crippen molar-refractivity contribution in [2.45, 2.75) is 31.9 Å². The van der Waals surface area contributed by atoms with Gasteiger partial charge in [-0.25, -0.2) is 0 Å². The number of piperidine rings is 1. The third kappa shape index (κ3) is 3.64. The third-order valence-electron chi connectivity index (χ3n) is 3.64. The summed E-state index contributed by atoms with van der Waals surface area (Å²) in [4.78, 5) is 14.3. The Morgan fingerprint density at radius 1 is 1.40 bits per heavy atom. The van der Waals surface area contributed by atoms with Gasteiger partial charge in [-0.05, 0) is 31.9 Å². The molecule has 4 nitrogen and oxygen atoms in total. The lowest BCUT2D eigenvalue weighted by Crippen LogP contribution is -2.47. The molecule has 1 heterocycles. The maximum Gasteiger partial charge on any atom is 0.241 e. The van der Waals surface area contributed by atoms with Gasteiger partial charge < -0.3 is 10.4 Å². The van der Waals surface area contributed by atoms with Crippen LogP contribution in [-0.2, 0) is 4.79 Å². The Hall–Kier alpha value is -0.810. The molecule has 1 saturated heterocycles. The summed E-state index contributed by atoms with van der Waals surface area (Å²) in [5.41, 5.74) is 0.521. The van der Waals surface area contributed by atoms with E-state index in [1.54, 1.807) is 18.2 Å². The fourth-order valence-corrected chi connectivity index (χ4v) is 2.62. The molecule has 1 amide bonds. The Labute approximate surface area is 128 Å². The van der Waals surface area contributed by atoms with Crippen LogP contribution in [0.3, 0.4) is 0 Å². The number of benzene rings is 1. The van der Waals surface area contributed by atoms with Crippen LogP contribution in [0.4, 0.5) is 5.69 Å². The number of hydrogen-bond acceptors (Lipinski definition) is 3. The Morgan fingerprint density at radius 3 is 2.70 bits per heavy atom. The molecule has 2 N–H and O–H groups in total.